The van der Waals surface area contributed by atoms with Crippen molar-refractivity contribution in [1.82, 2.24) is 9.96 Å². The molecule has 0 spiro atoms. The molecule has 1 aromatic rings. The van der Waals surface area contributed by atoms with Crippen molar-refractivity contribution in [2.45, 2.75) is 45.6 Å². The van der Waals surface area contributed by atoms with E-state index in [1.165, 1.54) is 17.0 Å². The lowest BCUT2D eigenvalue weighted by Gasteiger charge is -2.34. The van der Waals surface area contributed by atoms with Gasteiger partial charge in [-0.2, -0.15) is 0 Å². The number of piperidine rings is 1. The fourth-order valence-corrected chi connectivity index (χ4v) is 3.35. The maximum Gasteiger partial charge on any atom is 0.355 e. The van der Waals surface area contributed by atoms with E-state index in [0.29, 0.717) is 24.4 Å². The summed E-state index contributed by atoms with van der Waals surface area (Å²) in [4.78, 5) is 56.4. The Morgan fingerprint density at radius 2 is 1.69 bits per heavy atom. The van der Waals surface area contributed by atoms with Gasteiger partial charge in [0, 0.05) is 13.0 Å². The number of hydrogen-bond donors (Lipinski definition) is 0. The van der Waals surface area contributed by atoms with Crippen molar-refractivity contribution in [3.8, 4) is 0 Å². The molecule has 3 amide bonds. The van der Waals surface area contributed by atoms with Crippen molar-refractivity contribution in [3.63, 3.8) is 0 Å². The minimum Gasteiger partial charge on any atom is -0.329 e. The Balaban J connectivity index is 1.79. The Bertz CT molecular complexity index is 723. The molecule has 0 aliphatic carbocycles. The molecular formula is C19H22N2O5. The molecule has 0 aromatic heterocycles. The summed E-state index contributed by atoms with van der Waals surface area (Å²) in [7, 11) is 0. The topological polar surface area (TPSA) is 84.0 Å². The third-order valence-electron chi connectivity index (χ3n) is 4.64. The number of benzene rings is 1. The average molecular weight is 358 g/mol. The zero-order valence-corrected chi connectivity index (χ0v) is 14.9. The van der Waals surface area contributed by atoms with E-state index in [9.17, 15) is 19.2 Å². The van der Waals surface area contributed by atoms with Crippen LogP contribution >= 0.6 is 0 Å². The molecule has 2 aliphatic heterocycles. The summed E-state index contributed by atoms with van der Waals surface area (Å²) in [5, 5.41) is 0.509. The summed E-state index contributed by atoms with van der Waals surface area (Å²) >= 11 is 0. The molecule has 1 fully saturated rings. The molecule has 2 heterocycles. The van der Waals surface area contributed by atoms with Gasteiger partial charge >= 0.3 is 5.97 Å². The van der Waals surface area contributed by atoms with Gasteiger partial charge < -0.3 is 9.74 Å². The van der Waals surface area contributed by atoms with Gasteiger partial charge in [0.2, 0.25) is 5.91 Å². The fourth-order valence-electron chi connectivity index (χ4n) is 3.35. The number of fused-ring (bicyclic) bond motifs is 1. The smallest absolute Gasteiger partial charge is 0.329 e. The largest absolute Gasteiger partial charge is 0.355 e. The van der Waals surface area contributed by atoms with Crippen LogP contribution in [0.3, 0.4) is 0 Å². The van der Waals surface area contributed by atoms with E-state index in [0.717, 1.165) is 12.8 Å². The average Bonchev–Trinajstić information content (AvgIpc) is 2.85. The quantitative estimate of drug-likeness (QED) is 0.753. The third kappa shape index (κ3) is 3.34. The second kappa shape index (κ2) is 7.27. The van der Waals surface area contributed by atoms with Crippen LogP contribution in [0.5, 0.6) is 0 Å². The van der Waals surface area contributed by atoms with E-state index >= 15 is 0 Å². The monoisotopic (exact) mass is 358 g/mol. The zero-order chi connectivity index (χ0) is 18.8. The molecule has 26 heavy (non-hydrogen) atoms. The lowest BCUT2D eigenvalue weighted by molar-refractivity contribution is -0.178. The van der Waals surface area contributed by atoms with Gasteiger partial charge in [-0.3, -0.25) is 14.4 Å². The molecule has 138 valence electrons. The molecule has 2 aliphatic rings. The van der Waals surface area contributed by atoms with Gasteiger partial charge in [0.25, 0.3) is 11.8 Å². The van der Waals surface area contributed by atoms with E-state index < -0.39 is 23.8 Å². The molecule has 0 saturated carbocycles. The Kier molecular flexibility index (Phi) is 5.06. The number of nitrogens with zero attached hydrogens (tertiary/aromatic N) is 2. The summed E-state index contributed by atoms with van der Waals surface area (Å²) in [6.45, 7) is 4.36. The highest BCUT2D eigenvalue weighted by molar-refractivity contribution is 6.20. The molecular weight excluding hydrogens is 336 g/mol. The van der Waals surface area contributed by atoms with Crippen molar-refractivity contribution in [1.29, 1.82) is 0 Å². The number of rotatable bonds is 5. The molecule has 1 unspecified atom stereocenters. The molecule has 7 nitrogen and oxygen atoms in total. The van der Waals surface area contributed by atoms with E-state index in [2.05, 4.69) is 0 Å². The van der Waals surface area contributed by atoms with Crippen LogP contribution in [0, 0.1) is 5.92 Å². The van der Waals surface area contributed by atoms with Gasteiger partial charge in [-0.05, 0) is 37.3 Å². The summed E-state index contributed by atoms with van der Waals surface area (Å²) in [6, 6.07) is 5.52. The van der Waals surface area contributed by atoms with Gasteiger partial charge in [0.05, 0.1) is 11.1 Å². The molecule has 1 saturated heterocycles. The summed E-state index contributed by atoms with van der Waals surface area (Å²) < 4.78 is 0. The first-order chi connectivity index (χ1) is 12.4. The third-order valence-corrected chi connectivity index (χ3v) is 4.64. The lowest BCUT2D eigenvalue weighted by atomic mass is 9.99. The van der Waals surface area contributed by atoms with E-state index in [1.807, 2.05) is 13.8 Å². The number of carbonyl (C=O) groups excluding carboxylic acids is 4. The highest BCUT2D eigenvalue weighted by atomic mass is 16.7. The van der Waals surface area contributed by atoms with E-state index in [4.69, 9.17) is 4.84 Å². The van der Waals surface area contributed by atoms with Crippen LogP contribution in [-0.4, -0.2) is 46.2 Å². The number of amides is 3. The van der Waals surface area contributed by atoms with Crippen LogP contribution in [0.25, 0.3) is 0 Å². The van der Waals surface area contributed by atoms with Gasteiger partial charge in [-0.15, -0.1) is 0 Å². The Hall–Kier alpha value is -2.70. The first-order valence-electron chi connectivity index (χ1n) is 8.89. The normalized spacial score (nSPS) is 18.3. The van der Waals surface area contributed by atoms with E-state index in [-0.39, 0.29) is 23.0 Å². The first kappa shape index (κ1) is 18.1. The number of imide groups is 1. The molecule has 1 atom stereocenters. The maximum atomic E-state index is 12.8. The Morgan fingerprint density at radius 1 is 1.08 bits per heavy atom. The first-order valence-corrected chi connectivity index (χ1v) is 8.89. The number of likely N-dealkylation sites (tertiary alicyclic amines) is 1. The molecule has 1 aromatic carbocycles. The van der Waals surface area contributed by atoms with Gasteiger partial charge in [-0.1, -0.05) is 31.0 Å². The fraction of sp³-hybridized carbons (Fsp3) is 0.474. The summed E-state index contributed by atoms with van der Waals surface area (Å²) in [5.41, 5.74) is 0.416. The minimum absolute atomic E-state index is 0.0961. The standard InChI is InChI=1S/C19H22N2O5/c1-12(2)11-15(20-10-6-5-9-16(20)22)19(25)26-21-17(23)13-7-3-4-8-14(13)18(21)24/h3-4,7-8,12,15H,5-6,9-11H2,1-2H3. The van der Waals surface area contributed by atoms with Crippen LogP contribution in [-0.2, 0) is 14.4 Å². The second-order valence-corrected chi connectivity index (χ2v) is 7.05. The van der Waals surface area contributed by atoms with Crippen LogP contribution in [0.2, 0.25) is 0 Å². The summed E-state index contributed by atoms with van der Waals surface area (Å²) in [6.07, 6.45) is 2.43. The number of hydroxylamine groups is 2. The number of hydrogen-bond acceptors (Lipinski definition) is 5. The zero-order valence-electron chi connectivity index (χ0n) is 14.9. The van der Waals surface area contributed by atoms with Crippen molar-refractivity contribution in [2.24, 2.45) is 5.92 Å². The van der Waals surface area contributed by atoms with Crippen LogP contribution in [0.15, 0.2) is 24.3 Å². The van der Waals surface area contributed by atoms with Gasteiger partial charge in [-0.25, -0.2) is 4.79 Å². The maximum absolute atomic E-state index is 12.8. The Labute approximate surface area is 151 Å². The molecule has 0 N–H and O–H groups in total. The SMILES string of the molecule is CC(C)CC(C(=O)ON1C(=O)c2ccccc2C1=O)N1CCCCC1=O. The van der Waals surface area contributed by atoms with Crippen molar-refractivity contribution < 1.29 is 24.0 Å². The second-order valence-electron chi connectivity index (χ2n) is 7.05. The predicted octanol–water partition coefficient (Wildman–Crippen LogP) is 2.17. The van der Waals surface area contributed by atoms with Gasteiger partial charge in [0.1, 0.15) is 6.04 Å². The minimum atomic E-state index is -0.799. The molecule has 0 radical (unpaired) electrons. The highest BCUT2D eigenvalue weighted by Crippen LogP contribution is 2.25. The number of carbonyl (C=O) groups is 4. The van der Waals surface area contributed by atoms with Crippen molar-refractivity contribution in [2.75, 3.05) is 6.54 Å². The van der Waals surface area contributed by atoms with Crippen LogP contribution < -0.4 is 0 Å². The molecule has 7 heteroatoms. The van der Waals surface area contributed by atoms with E-state index in [1.54, 1.807) is 12.1 Å². The van der Waals surface area contributed by atoms with Gasteiger partial charge in [0.15, 0.2) is 0 Å². The Morgan fingerprint density at radius 3 is 2.23 bits per heavy atom. The highest BCUT2D eigenvalue weighted by Gasteiger charge is 2.41. The van der Waals surface area contributed by atoms with Crippen LogP contribution in [0.4, 0.5) is 0 Å². The van der Waals surface area contributed by atoms with Crippen molar-refractivity contribution >= 4 is 23.7 Å². The predicted molar refractivity (Wildman–Crippen MR) is 91.8 cm³/mol. The molecule has 3 rings (SSSR count). The van der Waals surface area contributed by atoms with Crippen LogP contribution in [0.1, 0.15) is 60.2 Å². The summed E-state index contributed by atoms with van der Waals surface area (Å²) in [5.74, 6) is -2.02. The molecule has 0 bridgehead atoms. The lowest BCUT2D eigenvalue weighted by Crippen LogP contribution is -2.50. The van der Waals surface area contributed by atoms with Crippen molar-refractivity contribution in [3.05, 3.63) is 35.4 Å².